The Labute approximate surface area is 102 Å². The fraction of sp³-hybridized carbons (Fsp3) is 0.500. The van der Waals surface area contributed by atoms with Gasteiger partial charge in [-0.25, -0.2) is 4.98 Å². The van der Waals surface area contributed by atoms with Crippen LogP contribution >= 0.6 is 0 Å². The number of amides is 1. The van der Waals surface area contributed by atoms with Crippen molar-refractivity contribution in [3.05, 3.63) is 18.3 Å². The molecule has 0 aliphatic heterocycles. The van der Waals surface area contributed by atoms with Crippen molar-refractivity contribution in [3.63, 3.8) is 0 Å². The first-order chi connectivity index (χ1) is 8.11. The van der Waals surface area contributed by atoms with E-state index >= 15 is 0 Å². The molecule has 1 aromatic heterocycles. The lowest BCUT2D eigenvalue weighted by molar-refractivity contribution is -0.119. The number of carbonyl (C=O) groups excluding carboxylic acids is 1. The van der Waals surface area contributed by atoms with Crippen LogP contribution in [0.4, 0.5) is 11.5 Å². The van der Waals surface area contributed by atoms with Crippen LogP contribution in [0.2, 0.25) is 0 Å². The first-order valence-electron chi connectivity index (χ1n) is 5.85. The lowest BCUT2D eigenvalue weighted by atomic mass is 10.3. The number of aromatic nitrogens is 1. The third kappa shape index (κ3) is 5.19. The summed E-state index contributed by atoms with van der Waals surface area (Å²) in [6, 6.07) is 3.88. The number of nitrogens with one attached hydrogen (secondary N) is 3. The molecule has 0 saturated carbocycles. The van der Waals surface area contributed by atoms with Crippen molar-refractivity contribution in [1.29, 1.82) is 0 Å². The minimum atomic E-state index is -0.0122. The summed E-state index contributed by atoms with van der Waals surface area (Å²) in [5.74, 6) is 0.795. The molecule has 94 valence electrons. The number of hydrogen-bond donors (Lipinski definition) is 3. The predicted octanol–water partition coefficient (Wildman–Crippen LogP) is 1.45. The van der Waals surface area contributed by atoms with Crippen LogP contribution in [-0.2, 0) is 4.79 Å². The Morgan fingerprint density at radius 3 is 2.82 bits per heavy atom. The van der Waals surface area contributed by atoms with Crippen molar-refractivity contribution >= 4 is 17.4 Å². The summed E-state index contributed by atoms with van der Waals surface area (Å²) < 4.78 is 0. The fourth-order valence-corrected chi connectivity index (χ4v) is 1.37. The average Bonchev–Trinajstić information content (AvgIpc) is 2.26. The summed E-state index contributed by atoms with van der Waals surface area (Å²) in [5, 5.41) is 8.99. The summed E-state index contributed by atoms with van der Waals surface area (Å²) >= 11 is 0. The van der Waals surface area contributed by atoms with Crippen molar-refractivity contribution in [3.8, 4) is 0 Å². The van der Waals surface area contributed by atoms with Gasteiger partial charge in [-0.15, -0.1) is 0 Å². The smallest absolute Gasteiger partial charge is 0.239 e. The van der Waals surface area contributed by atoms with Crippen molar-refractivity contribution in [2.75, 3.05) is 23.7 Å². The van der Waals surface area contributed by atoms with Gasteiger partial charge >= 0.3 is 0 Å². The first-order valence-corrected chi connectivity index (χ1v) is 5.85. The van der Waals surface area contributed by atoms with Crippen LogP contribution in [0.15, 0.2) is 18.3 Å². The van der Waals surface area contributed by atoms with E-state index < -0.39 is 0 Å². The molecule has 0 aromatic carbocycles. The molecule has 3 N–H and O–H groups in total. The number of rotatable bonds is 6. The van der Waals surface area contributed by atoms with E-state index in [1.54, 1.807) is 6.20 Å². The zero-order chi connectivity index (χ0) is 12.7. The van der Waals surface area contributed by atoms with Crippen LogP contribution in [0.5, 0.6) is 0 Å². The van der Waals surface area contributed by atoms with E-state index in [4.69, 9.17) is 0 Å². The second-order valence-corrected chi connectivity index (χ2v) is 4.04. The monoisotopic (exact) mass is 236 g/mol. The SMILES string of the molecule is CCNc1cc(NCC(=O)NC(C)C)ccn1. The number of carbonyl (C=O) groups is 1. The molecule has 1 heterocycles. The van der Waals surface area contributed by atoms with Crippen molar-refractivity contribution in [2.45, 2.75) is 26.8 Å². The van der Waals surface area contributed by atoms with E-state index in [-0.39, 0.29) is 18.5 Å². The van der Waals surface area contributed by atoms with Crippen LogP contribution in [0, 0.1) is 0 Å². The molecule has 1 aromatic rings. The quantitative estimate of drug-likeness (QED) is 0.699. The molecule has 0 atom stereocenters. The summed E-state index contributed by atoms with van der Waals surface area (Å²) in [6.45, 7) is 6.98. The van der Waals surface area contributed by atoms with Crippen LogP contribution < -0.4 is 16.0 Å². The molecule has 0 fully saturated rings. The summed E-state index contributed by atoms with van der Waals surface area (Å²) in [7, 11) is 0. The summed E-state index contributed by atoms with van der Waals surface area (Å²) in [4.78, 5) is 15.6. The largest absolute Gasteiger partial charge is 0.376 e. The molecule has 1 rings (SSSR count). The van der Waals surface area contributed by atoms with E-state index in [0.717, 1.165) is 18.1 Å². The molecule has 0 saturated heterocycles. The molecule has 0 bridgehead atoms. The highest BCUT2D eigenvalue weighted by Crippen LogP contribution is 2.10. The first kappa shape index (κ1) is 13.3. The number of hydrogen-bond acceptors (Lipinski definition) is 4. The Kier molecular flexibility index (Phi) is 5.26. The topological polar surface area (TPSA) is 66.0 Å². The van der Waals surface area contributed by atoms with Crippen LogP contribution in [0.1, 0.15) is 20.8 Å². The molecular weight excluding hydrogens is 216 g/mol. The molecular formula is C12H20N4O. The molecule has 0 unspecified atom stereocenters. The predicted molar refractivity (Wildman–Crippen MR) is 70.2 cm³/mol. The third-order valence-corrected chi connectivity index (χ3v) is 2.02. The second-order valence-electron chi connectivity index (χ2n) is 4.04. The van der Waals surface area contributed by atoms with Gasteiger partial charge in [0.05, 0.1) is 6.54 Å². The molecule has 0 radical (unpaired) electrons. The van der Waals surface area contributed by atoms with E-state index in [1.165, 1.54) is 0 Å². The van der Waals surface area contributed by atoms with Crippen molar-refractivity contribution in [2.24, 2.45) is 0 Å². The summed E-state index contributed by atoms with van der Waals surface area (Å²) in [5.41, 5.74) is 0.884. The van der Waals surface area contributed by atoms with E-state index in [9.17, 15) is 4.79 Å². The van der Waals surface area contributed by atoms with Gasteiger partial charge in [0.2, 0.25) is 5.91 Å². The van der Waals surface area contributed by atoms with Crippen LogP contribution in [-0.4, -0.2) is 30.0 Å². The Morgan fingerprint density at radius 1 is 1.41 bits per heavy atom. The fourth-order valence-electron chi connectivity index (χ4n) is 1.37. The molecule has 17 heavy (non-hydrogen) atoms. The lowest BCUT2D eigenvalue weighted by Gasteiger charge is -2.10. The van der Waals surface area contributed by atoms with Gasteiger partial charge in [0.25, 0.3) is 0 Å². The van der Waals surface area contributed by atoms with Gasteiger partial charge in [-0.2, -0.15) is 0 Å². The molecule has 5 nitrogen and oxygen atoms in total. The number of nitrogens with zero attached hydrogens (tertiary/aromatic N) is 1. The highest BCUT2D eigenvalue weighted by Gasteiger charge is 2.03. The summed E-state index contributed by atoms with van der Waals surface area (Å²) in [6.07, 6.45) is 1.71. The standard InChI is InChI=1S/C12H20N4O/c1-4-13-11-7-10(5-6-14-11)15-8-12(17)16-9(2)3/h5-7,9H,4,8H2,1-3H3,(H,16,17)(H2,13,14,15). The maximum absolute atomic E-state index is 11.4. The Hall–Kier alpha value is -1.78. The van der Waals surface area contributed by atoms with Gasteiger partial charge in [0, 0.05) is 30.5 Å². The van der Waals surface area contributed by atoms with Crippen molar-refractivity contribution < 1.29 is 4.79 Å². The Balaban J connectivity index is 2.45. The van der Waals surface area contributed by atoms with Gasteiger partial charge < -0.3 is 16.0 Å². The Bertz CT molecular complexity index is 365. The zero-order valence-corrected chi connectivity index (χ0v) is 10.6. The lowest BCUT2D eigenvalue weighted by Crippen LogP contribution is -2.34. The van der Waals surface area contributed by atoms with Crippen LogP contribution in [0.3, 0.4) is 0 Å². The van der Waals surface area contributed by atoms with Gasteiger partial charge in [-0.3, -0.25) is 4.79 Å². The number of pyridine rings is 1. The number of anilines is 2. The highest BCUT2D eigenvalue weighted by atomic mass is 16.1. The zero-order valence-electron chi connectivity index (χ0n) is 10.6. The average molecular weight is 236 g/mol. The maximum Gasteiger partial charge on any atom is 0.239 e. The van der Waals surface area contributed by atoms with Gasteiger partial charge in [0.15, 0.2) is 0 Å². The molecule has 0 aliphatic carbocycles. The van der Waals surface area contributed by atoms with E-state index in [1.807, 2.05) is 32.9 Å². The molecule has 0 aliphatic rings. The van der Waals surface area contributed by atoms with Crippen LogP contribution in [0.25, 0.3) is 0 Å². The molecule has 0 spiro atoms. The Morgan fingerprint density at radius 2 is 2.18 bits per heavy atom. The highest BCUT2D eigenvalue weighted by molar-refractivity contribution is 5.81. The third-order valence-electron chi connectivity index (χ3n) is 2.02. The molecule has 1 amide bonds. The van der Waals surface area contributed by atoms with E-state index in [2.05, 4.69) is 20.9 Å². The second kappa shape index (κ2) is 6.73. The van der Waals surface area contributed by atoms with Gasteiger partial charge in [-0.1, -0.05) is 0 Å². The normalized spacial score (nSPS) is 10.1. The van der Waals surface area contributed by atoms with Gasteiger partial charge in [-0.05, 0) is 26.8 Å². The van der Waals surface area contributed by atoms with Crippen molar-refractivity contribution in [1.82, 2.24) is 10.3 Å². The molecule has 5 heteroatoms. The van der Waals surface area contributed by atoms with E-state index in [0.29, 0.717) is 0 Å². The minimum Gasteiger partial charge on any atom is -0.376 e. The minimum absolute atomic E-state index is 0.0122. The van der Waals surface area contributed by atoms with Gasteiger partial charge in [0.1, 0.15) is 5.82 Å². The maximum atomic E-state index is 11.4.